The zero-order chi connectivity index (χ0) is 26.4. The number of anilines is 1. The summed E-state index contributed by atoms with van der Waals surface area (Å²) in [6.45, 7) is 4.47. The third-order valence-electron chi connectivity index (χ3n) is 6.24. The van der Waals surface area contributed by atoms with Gasteiger partial charge in [0.15, 0.2) is 0 Å². The van der Waals surface area contributed by atoms with Gasteiger partial charge in [-0.2, -0.15) is 0 Å². The Morgan fingerprint density at radius 1 is 1.00 bits per heavy atom. The van der Waals surface area contributed by atoms with Crippen LogP contribution in [0.25, 0.3) is 16.6 Å². The van der Waals surface area contributed by atoms with Crippen molar-refractivity contribution in [3.63, 3.8) is 0 Å². The van der Waals surface area contributed by atoms with Crippen LogP contribution in [0.3, 0.4) is 0 Å². The smallest absolute Gasteiger partial charge is 0.322 e. The van der Waals surface area contributed by atoms with Crippen molar-refractivity contribution >= 4 is 22.6 Å². The largest absolute Gasteiger partial charge is 0.497 e. The van der Waals surface area contributed by atoms with Crippen LogP contribution in [0, 0.1) is 0 Å². The van der Waals surface area contributed by atoms with Gasteiger partial charge < -0.3 is 19.7 Å². The van der Waals surface area contributed by atoms with E-state index in [1.54, 1.807) is 41.9 Å². The van der Waals surface area contributed by atoms with Gasteiger partial charge in [-0.05, 0) is 49.2 Å². The van der Waals surface area contributed by atoms with Gasteiger partial charge in [0.2, 0.25) is 0 Å². The van der Waals surface area contributed by atoms with Gasteiger partial charge in [0.1, 0.15) is 17.3 Å². The van der Waals surface area contributed by atoms with Crippen LogP contribution in [0.2, 0.25) is 0 Å². The molecule has 1 atom stereocenters. The number of hydrogen-bond donors (Lipinski definition) is 1. The van der Waals surface area contributed by atoms with Gasteiger partial charge in [0.05, 0.1) is 36.9 Å². The fourth-order valence-electron chi connectivity index (χ4n) is 4.50. The number of carbonyl (C=O) groups excluding carboxylic acids is 1. The normalized spacial score (nSPS) is 11.7. The standard InChI is InChI=1S/C29H32N4O4/c1-5-18-32(29(35)30-20-12-11-13-21(19-20)36-3)24(6-2)27-31-23-15-8-7-14-22(23)28(34)33(27)25-16-9-10-17-26(25)37-4/h7-17,19,24H,5-6,18H2,1-4H3,(H,30,35). The summed E-state index contributed by atoms with van der Waals surface area (Å²) in [4.78, 5) is 34.2. The second-order valence-corrected chi connectivity index (χ2v) is 8.58. The SMILES string of the molecule is CCCN(C(=O)Nc1cccc(OC)c1)C(CC)c1nc2ccccc2c(=O)n1-c1ccccc1OC. The molecule has 0 saturated heterocycles. The summed E-state index contributed by atoms with van der Waals surface area (Å²) in [5, 5.41) is 3.48. The lowest BCUT2D eigenvalue weighted by Gasteiger charge is -2.32. The number of para-hydroxylation sites is 3. The Balaban J connectivity index is 1.88. The van der Waals surface area contributed by atoms with Crippen molar-refractivity contribution in [1.29, 1.82) is 0 Å². The van der Waals surface area contributed by atoms with Gasteiger partial charge in [-0.3, -0.25) is 9.36 Å². The first-order chi connectivity index (χ1) is 18.0. The van der Waals surface area contributed by atoms with E-state index in [-0.39, 0.29) is 11.6 Å². The van der Waals surface area contributed by atoms with Crippen molar-refractivity contribution < 1.29 is 14.3 Å². The lowest BCUT2D eigenvalue weighted by Crippen LogP contribution is -2.41. The minimum absolute atomic E-state index is 0.215. The minimum Gasteiger partial charge on any atom is -0.497 e. The topological polar surface area (TPSA) is 85.7 Å². The van der Waals surface area contributed by atoms with Gasteiger partial charge in [-0.25, -0.2) is 9.78 Å². The van der Waals surface area contributed by atoms with E-state index in [4.69, 9.17) is 14.5 Å². The summed E-state index contributed by atoms with van der Waals surface area (Å²) >= 11 is 0. The molecule has 0 spiro atoms. The number of carbonyl (C=O) groups is 1. The van der Waals surface area contributed by atoms with Gasteiger partial charge in [-0.15, -0.1) is 0 Å². The number of benzene rings is 3. The molecule has 0 aliphatic carbocycles. The number of ether oxygens (including phenoxy) is 2. The molecule has 4 aromatic rings. The molecule has 0 fully saturated rings. The molecule has 1 aromatic heterocycles. The van der Waals surface area contributed by atoms with E-state index < -0.39 is 6.04 Å². The maximum absolute atomic E-state index is 13.9. The fourth-order valence-corrected chi connectivity index (χ4v) is 4.50. The number of hydrogen-bond acceptors (Lipinski definition) is 5. The molecule has 192 valence electrons. The number of fused-ring (bicyclic) bond motifs is 1. The molecule has 3 aromatic carbocycles. The van der Waals surface area contributed by atoms with Crippen LogP contribution in [0.1, 0.15) is 38.6 Å². The van der Waals surface area contributed by atoms with E-state index in [0.29, 0.717) is 52.6 Å². The number of urea groups is 1. The van der Waals surface area contributed by atoms with Crippen molar-refractivity contribution in [2.75, 3.05) is 26.1 Å². The Bertz CT molecular complexity index is 1450. The van der Waals surface area contributed by atoms with E-state index in [1.165, 1.54) is 0 Å². The molecule has 0 saturated carbocycles. The van der Waals surface area contributed by atoms with Crippen molar-refractivity contribution in [3.05, 3.63) is 89.0 Å². The Morgan fingerprint density at radius 3 is 2.49 bits per heavy atom. The molecule has 0 aliphatic heterocycles. The Kier molecular flexibility index (Phi) is 8.08. The third-order valence-corrected chi connectivity index (χ3v) is 6.24. The van der Waals surface area contributed by atoms with Crippen LogP contribution in [-0.4, -0.2) is 41.2 Å². The van der Waals surface area contributed by atoms with Crippen LogP contribution in [0.15, 0.2) is 77.6 Å². The summed E-state index contributed by atoms with van der Waals surface area (Å²) in [7, 11) is 3.15. The number of nitrogens with one attached hydrogen (secondary N) is 1. The van der Waals surface area contributed by atoms with Crippen LogP contribution < -0.4 is 20.3 Å². The number of amides is 2. The average Bonchev–Trinajstić information content (AvgIpc) is 2.93. The highest BCUT2D eigenvalue weighted by Gasteiger charge is 2.29. The number of rotatable bonds is 9. The average molecular weight is 501 g/mol. The second kappa shape index (κ2) is 11.6. The highest BCUT2D eigenvalue weighted by atomic mass is 16.5. The second-order valence-electron chi connectivity index (χ2n) is 8.58. The molecule has 1 heterocycles. The highest BCUT2D eigenvalue weighted by Crippen LogP contribution is 2.30. The molecule has 37 heavy (non-hydrogen) atoms. The first kappa shape index (κ1) is 25.8. The predicted octanol–water partition coefficient (Wildman–Crippen LogP) is 5.80. The van der Waals surface area contributed by atoms with E-state index in [9.17, 15) is 9.59 Å². The summed E-state index contributed by atoms with van der Waals surface area (Å²) in [6, 6.07) is 21.0. The summed E-state index contributed by atoms with van der Waals surface area (Å²) in [5.74, 6) is 1.67. The first-order valence-corrected chi connectivity index (χ1v) is 12.4. The van der Waals surface area contributed by atoms with Crippen molar-refractivity contribution in [2.24, 2.45) is 0 Å². The van der Waals surface area contributed by atoms with Crippen molar-refractivity contribution in [2.45, 2.75) is 32.7 Å². The quantitative estimate of drug-likeness (QED) is 0.314. The Labute approximate surface area is 216 Å². The zero-order valence-corrected chi connectivity index (χ0v) is 21.6. The molecular weight excluding hydrogens is 468 g/mol. The monoisotopic (exact) mass is 500 g/mol. The summed E-state index contributed by atoms with van der Waals surface area (Å²) in [5.41, 5.74) is 1.56. The van der Waals surface area contributed by atoms with E-state index in [1.807, 2.05) is 68.4 Å². The molecule has 4 rings (SSSR count). The van der Waals surface area contributed by atoms with Crippen LogP contribution in [0.5, 0.6) is 11.5 Å². The first-order valence-electron chi connectivity index (χ1n) is 12.4. The molecule has 8 nitrogen and oxygen atoms in total. The number of nitrogens with zero attached hydrogens (tertiary/aromatic N) is 3. The molecule has 2 amide bonds. The van der Waals surface area contributed by atoms with Gasteiger partial charge >= 0.3 is 6.03 Å². The summed E-state index contributed by atoms with van der Waals surface area (Å²) < 4.78 is 12.5. The lowest BCUT2D eigenvalue weighted by atomic mass is 10.1. The molecule has 0 aliphatic rings. The summed E-state index contributed by atoms with van der Waals surface area (Å²) in [6.07, 6.45) is 1.28. The lowest BCUT2D eigenvalue weighted by molar-refractivity contribution is 0.181. The maximum atomic E-state index is 13.9. The Morgan fingerprint density at radius 2 is 1.76 bits per heavy atom. The van der Waals surface area contributed by atoms with E-state index in [0.717, 1.165) is 6.42 Å². The zero-order valence-electron chi connectivity index (χ0n) is 21.6. The Hall–Kier alpha value is -4.33. The highest BCUT2D eigenvalue weighted by molar-refractivity contribution is 5.90. The fraction of sp³-hybridized carbons (Fsp3) is 0.276. The number of aromatic nitrogens is 2. The van der Waals surface area contributed by atoms with Crippen LogP contribution >= 0.6 is 0 Å². The predicted molar refractivity (Wildman–Crippen MR) is 146 cm³/mol. The molecule has 1 unspecified atom stereocenters. The van der Waals surface area contributed by atoms with Crippen molar-refractivity contribution in [1.82, 2.24) is 14.5 Å². The number of methoxy groups -OCH3 is 2. The van der Waals surface area contributed by atoms with E-state index in [2.05, 4.69) is 5.32 Å². The molecule has 0 radical (unpaired) electrons. The van der Waals surface area contributed by atoms with E-state index >= 15 is 0 Å². The van der Waals surface area contributed by atoms with Crippen LogP contribution in [-0.2, 0) is 0 Å². The third kappa shape index (κ3) is 5.28. The van der Waals surface area contributed by atoms with Gasteiger partial charge in [-0.1, -0.05) is 44.2 Å². The van der Waals surface area contributed by atoms with Crippen LogP contribution in [0.4, 0.5) is 10.5 Å². The molecule has 1 N–H and O–H groups in total. The molecule has 0 bridgehead atoms. The maximum Gasteiger partial charge on any atom is 0.322 e. The van der Waals surface area contributed by atoms with Gasteiger partial charge in [0, 0.05) is 18.3 Å². The minimum atomic E-state index is -0.479. The van der Waals surface area contributed by atoms with Gasteiger partial charge in [0.25, 0.3) is 5.56 Å². The molecular formula is C29H32N4O4. The van der Waals surface area contributed by atoms with Crippen molar-refractivity contribution in [3.8, 4) is 17.2 Å². The molecule has 8 heteroatoms.